The second kappa shape index (κ2) is 10.1. The Bertz CT molecular complexity index is 1480. The monoisotopic (exact) mass is 503 g/mol. The number of hydrogen-bond acceptors (Lipinski definition) is 5. The molecular weight excluding hydrogens is 470 g/mol. The van der Waals surface area contributed by atoms with E-state index in [-0.39, 0.29) is 9.79 Å². The van der Waals surface area contributed by atoms with Crippen LogP contribution in [0, 0.1) is 13.8 Å². The summed E-state index contributed by atoms with van der Waals surface area (Å²) < 4.78 is 34.5. The maximum atomic E-state index is 13.5. The maximum Gasteiger partial charge on any atom is 0.210 e. The average molecular weight is 504 g/mol. The van der Waals surface area contributed by atoms with E-state index in [1.165, 1.54) is 30.4 Å². The van der Waals surface area contributed by atoms with E-state index in [9.17, 15) is 8.42 Å². The van der Waals surface area contributed by atoms with Crippen LogP contribution in [0.4, 0.5) is 0 Å². The van der Waals surface area contributed by atoms with Gasteiger partial charge < -0.3 is 4.74 Å². The predicted octanol–water partition coefficient (Wildman–Crippen LogP) is 5.56. The molecule has 1 aliphatic rings. The van der Waals surface area contributed by atoms with Crippen LogP contribution in [0.1, 0.15) is 47.7 Å². The SMILES string of the molecule is Cc1nn2cccc(C)c2c1S(=O)(=O)c1ccc(OCCCN(C)C2CCCc3ccccc32)cc1. The number of pyridine rings is 1. The Morgan fingerprint density at radius 3 is 2.64 bits per heavy atom. The van der Waals surface area contributed by atoms with E-state index in [4.69, 9.17) is 4.74 Å². The van der Waals surface area contributed by atoms with E-state index in [0.717, 1.165) is 18.5 Å². The minimum atomic E-state index is -3.71. The predicted molar refractivity (Wildman–Crippen MR) is 141 cm³/mol. The lowest BCUT2D eigenvalue weighted by molar-refractivity contribution is 0.199. The fourth-order valence-corrected chi connectivity index (χ4v) is 7.02. The summed E-state index contributed by atoms with van der Waals surface area (Å²) in [4.78, 5) is 2.94. The van der Waals surface area contributed by atoms with Crippen LogP contribution in [0.15, 0.2) is 76.7 Å². The second-order valence-corrected chi connectivity index (χ2v) is 11.5. The van der Waals surface area contributed by atoms with Gasteiger partial charge in [-0.05, 0) is 93.6 Å². The largest absolute Gasteiger partial charge is 0.494 e. The highest BCUT2D eigenvalue weighted by atomic mass is 32.2. The molecule has 1 unspecified atom stereocenters. The van der Waals surface area contributed by atoms with E-state index in [1.54, 1.807) is 41.9 Å². The molecule has 0 saturated carbocycles. The van der Waals surface area contributed by atoms with Crippen LogP contribution >= 0.6 is 0 Å². The molecule has 5 rings (SSSR count). The quantitative estimate of drug-likeness (QED) is 0.295. The van der Waals surface area contributed by atoms with Gasteiger partial charge in [-0.15, -0.1) is 0 Å². The Morgan fingerprint density at radius 1 is 1.06 bits per heavy atom. The molecule has 4 aromatic rings. The third kappa shape index (κ3) is 4.65. The van der Waals surface area contributed by atoms with Crippen LogP contribution in [-0.2, 0) is 16.3 Å². The summed E-state index contributed by atoms with van der Waals surface area (Å²) in [5, 5.41) is 4.40. The van der Waals surface area contributed by atoms with Crippen molar-refractivity contribution in [2.75, 3.05) is 20.2 Å². The molecule has 1 atom stereocenters. The number of rotatable bonds is 8. The second-order valence-electron chi connectivity index (χ2n) is 9.66. The fourth-order valence-electron chi connectivity index (χ4n) is 5.35. The zero-order chi connectivity index (χ0) is 25.3. The normalized spacial score (nSPS) is 15.8. The van der Waals surface area contributed by atoms with Crippen molar-refractivity contribution >= 4 is 15.4 Å². The van der Waals surface area contributed by atoms with Gasteiger partial charge in [-0.25, -0.2) is 12.9 Å². The van der Waals surface area contributed by atoms with E-state index < -0.39 is 9.84 Å². The lowest BCUT2D eigenvalue weighted by Gasteiger charge is -2.33. The first-order valence-corrected chi connectivity index (χ1v) is 14.0. The lowest BCUT2D eigenvalue weighted by Crippen LogP contribution is -2.29. The summed E-state index contributed by atoms with van der Waals surface area (Å²) >= 11 is 0. The van der Waals surface area contributed by atoms with E-state index in [2.05, 4.69) is 41.3 Å². The molecule has 0 aliphatic heterocycles. The Kier molecular flexibility index (Phi) is 6.86. The summed E-state index contributed by atoms with van der Waals surface area (Å²) in [6.07, 6.45) is 6.26. The van der Waals surface area contributed by atoms with Gasteiger partial charge in [0.05, 0.1) is 22.7 Å². The highest BCUT2D eigenvalue weighted by molar-refractivity contribution is 7.91. The lowest BCUT2D eigenvalue weighted by atomic mass is 9.87. The number of aromatic nitrogens is 2. The smallest absolute Gasteiger partial charge is 0.210 e. The first-order chi connectivity index (χ1) is 17.4. The van der Waals surface area contributed by atoms with Crippen molar-refractivity contribution in [2.45, 2.75) is 55.4 Å². The molecule has 6 nitrogen and oxygen atoms in total. The van der Waals surface area contributed by atoms with Crippen molar-refractivity contribution in [3.63, 3.8) is 0 Å². The first-order valence-electron chi connectivity index (χ1n) is 12.6. The summed E-state index contributed by atoms with van der Waals surface area (Å²) in [7, 11) is -1.52. The molecule has 0 radical (unpaired) electrons. The zero-order valence-corrected chi connectivity index (χ0v) is 22.0. The van der Waals surface area contributed by atoms with Crippen molar-refractivity contribution < 1.29 is 13.2 Å². The number of nitrogens with zero attached hydrogens (tertiary/aromatic N) is 3. The minimum absolute atomic E-state index is 0.242. The number of benzene rings is 2. The molecule has 0 amide bonds. The number of aryl methyl sites for hydroxylation is 3. The van der Waals surface area contributed by atoms with Gasteiger partial charge in [-0.3, -0.25) is 4.90 Å². The summed E-state index contributed by atoms with van der Waals surface area (Å²) in [6, 6.07) is 19.7. The molecule has 2 aromatic carbocycles. The fraction of sp³-hybridized carbons (Fsp3) is 0.345. The van der Waals surface area contributed by atoms with Crippen molar-refractivity contribution in [1.29, 1.82) is 0 Å². The highest BCUT2D eigenvalue weighted by Gasteiger charge is 2.27. The molecule has 36 heavy (non-hydrogen) atoms. The van der Waals surface area contributed by atoms with Gasteiger partial charge >= 0.3 is 0 Å². The van der Waals surface area contributed by atoms with Crippen LogP contribution in [0.3, 0.4) is 0 Å². The summed E-state index contributed by atoms with van der Waals surface area (Å²) in [6.45, 7) is 5.16. The van der Waals surface area contributed by atoms with E-state index >= 15 is 0 Å². The van der Waals surface area contributed by atoms with Crippen molar-refractivity contribution in [3.05, 3.63) is 89.2 Å². The molecule has 0 N–H and O–H groups in total. The van der Waals surface area contributed by atoms with Gasteiger partial charge in [0, 0.05) is 18.8 Å². The molecule has 188 valence electrons. The highest BCUT2D eigenvalue weighted by Crippen LogP contribution is 2.34. The van der Waals surface area contributed by atoms with Crippen LogP contribution in [0.5, 0.6) is 5.75 Å². The molecular formula is C29H33N3O3S. The summed E-state index contributed by atoms with van der Waals surface area (Å²) in [5.74, 6) is 0.674. The van der Waals surface area contributed by atoms with Crippen LogP contribution < -0.4 is 4.74 Å². The Balaban J connectivity index is 1.21. The van der Waals surface area contributed by atoms with Crippen molar-refractivity contribution in [2.24, 2.45) is 0 Å². The van der Waals surface area contributed by atoms with Crippen LogP contribution in [0.2, 0.25) is 0 Å². The molecule has 7 heteroatoms. The average Bonchev–Trinajstić information content (AvgIpc) is 3.24. The van der Waals surface area contributed by atoms with E-state index in [1.807, 2.05) is 19.1 Å². The molecule has 2 heterocycles. The Hall–Kier alpha value is -3.16. The Morgan fingerprint density at radius 2 is 1.83 bits per heavy atom. The van der Waals surface area contributed by atoms with E-state index in [0.29, 0.717) is 29.6 Å². The minimum Gasteiger partial charge on any atom is -0.494 e. The Labute approximate surface area is 213 Å². The van der Waals surface area contributed by atoms with Gasteiger partial charge in [-0.1, -0.05) is 30.3 Å². The van der Waals surface area contributed by atoms with Gasteiger partial charge in [0.1, 0.15) is 10.6 Å². The molecule has 0 saturated heterocycles. The zero-order valence-electron chi connectivity index (χ0n) is 21.1. The molecule has 0 fully saturated rings. The molecule has 2 aromatic heterocycles. The number of hydrogen-bond donors (Lipinski definition) is 0. The number of ether oxygens (including phenoxy) is 1. The third-order valence-electron chi connectivity index (χ3n) is 7.17. The summed E-state index contributed by atoms with van der Waals surface area (Å²) in [5.41, 5.74) is 4.93. The molecule has 0 spiro atoms. The molecule has 1 aliphatic carbocycles. The van der Waals surface area contributed by atoms with Gasteiger partial charge in [0.15, 0.2) is 0 Å². The van der Waals surface area contributed by atoms with Crippen LogP contribution in [-0.4, -0.2) is 43.1 Å². The maximum absolute atomic E-state index is 13.5. The van der Waals surface area contributed by atoms with Crippen molar-refractivity contribution in [1.82, 2.24) is 14.5 Å². The topological polar surface area (TPSA) is 63.9 Å². The van der Waals surface area contributed by atoms with Gasteiger partial charge in [-0.2, -0.15) is 5.10 Å². The molecule has 0 bridgehead atoms. The van der Waals surface area contributed by atoms with Crippen molar-refractivity contribution in [3.8, 4) is 5.75 Å². The standard InChI is InChI=1S/C29H33N3O3S/c1-21-9-7-19-32-28(21)29(22(2)30-32)36(33,34)25-16-14-24(15-17-25)35-20-8-18-31(3)27-13-6-11-23-10-4-5-12-26(23)27/h4-5,7,9-10,12,14-17,19,27H,6,8,11,13,18,20H2,1-3H3. The van der Waals surface area contributed by atoms with Gasteiger partial charge in [0.25, 0.3) is 0 Å². The number of fused-ring (bicyclic) bond motifs is 2. The van der Waals surface area contributed by atoms with Gasteiger partial charge in [0.2, 0.25) is 9.84 Å². The first kappa shape index (κ1) is 24.5. The van der Waals surface area contributed by atoms with Crippen LogP contribution in [0.25, 0.3) is 5.52 Å². The number of sulfone groups is 1. The third-order valence-corrected chi connectivity index (χ3v) is 9.09.